The van der Waals surface area contributed by atoms with Crippen molar-refractivity contribution in [3.63, 3.8) is 0 Å². The highest BCUT2D eigenvalue weighted by Gasteiger charge is 2.19. The van der Waals surface area contributed by atoms with Crippen molar-refractivity contribution >= 4 is 28.7 Å². The van der Waals surface area contributed by atoms with E-state index in [1.165, 1.54) is 17.4 Å². The molecule has 1 aliphatic heterocycles. The van der Waals surface area contributed by atoms with E-state index in [2.05, 4.69) is 5.32 Å². The Balaban J connectivity index is 0.00000112. The first kappa shape index (κ1) is 12.4. The first-order chi connectivity index (χ1) is 6.77. The summed E-state index contributed by atoms with van der Waals surface area (Å²) in [5.74, 6) is 0. The van der Waals surface area contributed by atoms with Gasteiger partial charge in [0.05, 0.1) is 24.2 Å². The second-order valence-electron chi connectivity index (χ2n) is 3.01. The van der Waals surface area contributed by atoms with Crippen molar-refractivity contribution in [2.24, 2.45) is 0 Å². The number of nitro groups is 1. The lowest BCUT2D eigenvalue weighted by molar-refractivity contribution is -0.380. The quantitative estimate of drug-likeness (QED) is 0.641. The Morgan fingerprint density at radius 1 is 1.60 bits per heavy atom. The summed E-state index contributed by atoms with van der Waals surface area (Å²) in [5.41, 5.74) is 0. The largest absolute Gasteiger partial charge is 0.378 e. The Kier molecular flexibility index (Phi) is 4.46. The van der Waals surface area contributed by atoms with Crippen LogP contribution in [-0.4, -0.2) is 24.7 Å². The molecule has 0 aliphatic carbocycles. The van der Waals surface area contributed by atoms with Crippen LogP contribution in [0.5, 0.6) is 0 Å². The van der Waals surface area contributed by atoms with Crippen molar-refractivity contribution in [2.45, 2.75) is 6.04 Å². The predicted octanol–water partition coefficient (Wildman–Crippen LogP) is 1.74. The molecule has 1 aliphatic rings. The zero-order valence-corrected chi connectivity index (χ0v) is 9.47. The van der Waals surface area contributed by atoms with Gasteiger partial charge >= 0.3 is 5.00 Å². The summed E-state index contributed by atoms with van der Waals surface area (Å²) in [4.78, 5) is 11.1. The van der Waals surface area contributed by atoms with Crippen LogP contribution in [-0.2, 0) is 4.74 Å². The van der Waals surface area contributed by atoms with Crippen molar-refractivity contribution < 1.29 is 9.66 Å². The molecule has 84 valence electrons. The Labute approximate surface area is 97.0 Å². The maximum absolute atomic E-state index is 10.5. The average molecular weight is 251 g/mol. The van der Waals surface area contributed by atoms with Crippen LogP contribution in [0.25, 0.3) is 0 Å². The molecule has 1 aromatic heterocycles. The molecular formula is C8H11ClN2O3S. The van der Waals surface area contributed by atoms with Gasteiger partial charge in [-0.3, -0.25) is 10.1 Å². The van der Waals surface area contributed by atoms with E-state index >= 15 is 0 Å². The zero-order chi connectivity index (χ0) is 9.97. The van der Waals surface area contributed by atoms with Gasteiger partial charge in [-0.1, -0.05) is 11.3 Å². The number of morpholine rings is 1. The minimum absolute atomic E-state index is 0. The van der Waals surface area contributed by atoms with Crippen LogP contribution in [0.3, 0.4) is 0 Å². The second-order valence-corrected chi connectivity index (χ2v) is 4.11. The number of ether oxygens (including phenoxy) is 1. The molecule has 1 fully saturated rings. The molecule has 7 heteroatoms. The predicted molar refractivity (Wildman–Crippen MR) is 59.8 cm³/mol. The zero-order valence-electron chi connectivity index (χ0n) is 7.84. The van der Waals surface area contributed by atoms with Crippen LogP contribution in [0.15, 0.2) is 12.1 Å². The molecule has 2 rings (SSSR count). The van der Waals surface area contributed by atoms with Gasteiger partial charge in [0, 0.05) is 17.5 Å². The van der Waals surface area contributed by atoms with Crippen molar-refractivity contribution in [1.29, 1.82) is 0 Å². The number of hydrogen-bond acceptors (Lipinski definition) is 5. The maximum atomic E-state index is 10.5. The van der Waals surface area contributed by atoms with Gasteiger partial charge in [-0.15, -0.1) is 12.4 Å². The van der Waals surface area contributed by atoms with E-state index in [0.717, 1.165) is 11.4 Å². The average Bonchev–Trinajstić information content (AvgIpc) is 2.68. The molecule has 0 amide bonds. The molecule has 0 spiro atoms. The highest BCUT2D eigenvalue weighted by molar-refractivity contribution is 7.15. The van der Waals surface area contributed by atoms with E-state index in [-0.39, 0.29) is 28.4 Å². The van der Waals surface area contributed by atoms with Crippen LogP contribution >= 0.6 is 23.7 Å². The molecular weight excluding hydrogens is 240 g/mol. The monoisotopic (exact) mass is 250 g/mol. The highest BCUT2D eigenvalue weighted by atomic mass is 35.5. The van der Waals surface area contributed by atoms with Crippen molar-refractivity contribution in [3.05, 3.63) is 27.1 Å². The van der Waals surface area contributed by atoms with Gasteiger partial charge in [0.2, 0.25) is 0 Å². The van der Waals surface area contributed by atoms with Gasteiger partial charge in [-0.05, 0) is 6.07 Å². The number of nitrogens with zero attached hydrogens (tertiary/aromatic N) is 1. The number of thiophene rings is 1. The Morgan fingerprint density at radius 3 is 2.93 bits per heavy atom. The van der Waals surface area contributed by atoms with E-state index in [1.807, 2.05) is 0 Å². The summed E-state index contributed by atoms with van der Waals surface area (Å²) in [6, 6.07) is 3.44. The van der Waals surface area contributed by atoms with Gasteiger partial charge in [-0.25, -0.2) is 0 Å². The lowest BCUT2D eigenvalue weighted by Gasteiger charge is -2.22. The fourth-order valence-electron chi connectivity index (χ4n) is 1.38. The van der Waals surface area contributed by atoms with Gasteiger partial charge in [0.1, 0.15) is 0 Å². The fourth-order valence-corrected chi connectivity index (χ4v) is 2.26. The molecule has 15 heavy (non-hydrogen) atoms. The molecule has 1 atom stereocenters. The van der Waals surface area contributed by atoms with Crippen molar-refractivity contribution in [1.82, 2.24) is 5.32 Å². The first-order valence-corrected chi connectivity index (χ1v) is 5.14. The van der Waals surface area contributed by atoms with Gasteiger partial charge in [-0.2, -0.15) is 0 Å². The normalized spacial score (nSPS) is 20.7. The fraction of sp³-hybridized carbons (Fsp3) is 0.500. The summed E-state index contributed by atoms with van der Waals surface area (Å²) in [7, 11) is 0. The standard InChI is InChI=1S/C8H10N2O3S.ClH/c11-10(12)8-2-1-7(14-8)6-5-13-4-3-9-6;/h1-2,6,9H,3-5H2;1H/t6-;/m1./s1. The van der Waals surface area contributed by atoms with E-state index < -0.39 is 0 Å². The minimum atomic E-state index is -0.363. The molecule has 0 bridgehead atoms. The van der Waals surface area contributed by atoms with Crippen LogP contribution < -0.4 is 5.32 Å². The third kappa shape index (κ3) is 2.88. The molecule has 1 aromatic rings. The lowest BCUT2D eigenvalue weighted by atomic mass is 10.2. The minimum Gasteiger partial charge on any atom is -0.378 e. The SMILES string of the molecule is Cl.O=[N+]([O-])c1ccc([C@H]2COCCN2)s1. The summed E-state index contributed by atoms with van der Waals surface area (Å²) in [6.07, 6.45) is 0. The Bertz CT molecular complexity index is 338. The maximum Gasteiger partial charge on any atom is 0.324 e. The van der Waals surface area contributed by atoms with E-state index in [1.54, 1.807) is 6.07 Å². The van der Waals surface area contributed by atoms with Crippen molar-refractivity contribution in [2.75, 3.05) is 19.8 Å². The van der Waals surface area contributed by atoms with Crippen molar-refractivity contribution in [3.8, 4) is 0 Å². The second kappa shape index (κ2) is 5.41. The van der Waals surface area contributed by atoms with E-state index in [4.69, 9.17) is 4.74 Å². The van der Waals surface area contributed by atoms with Gasteiger partial charge in [0.25, 0.3) is 0 Å². The van der Waals surface area contributed by atoms with Crippen LogP contribution in [0.2, 0.25) is 0 Å². The lowest BCUT2D eigenvalue weighted by Crippen LogP contribution is -2.33. The molecule has 0 radical (unpaired) electrons. The smallest absolute Gasteiger partial charge is 0.324 e. The number of nitrogens with one attached hydrogen (secondary N) is 1. The summed E-state index contributed by atoms with van der Waals surface area (Å²) in [6.45, 7) is 2.11. The van der Waals surface area contributed by atoms with Crippen LogP contribution in [0, 0.1) is 10.1 Å². The van der Waals surface area contributed by atoms with Crippen LogP contribution in [0.4, 0.5) is 5.00 Å². The molecule has 2 heterocycles. The van der Waals surface area contributed by atoms with E-state index in [9.17, 15) is 10.1 Å². The third-order valence-electron chi connectivity index (χ3n) is 2.06. The number of hydrogen-bond donors (Lipinski definition) is 1. The molecule has 1 saturated heterocycles. The number of rotatable bonds is 2. The summed E-state index contributed by atoms with van der Waals surface area (Å²) >= 11 is 1.21. The molecule has 5 nitrogen and oxygen atoms in total. The summed E-state index contributed by atoms with van der Waals surface area (Å²) < 4.78 is 5.28. The first-order valence-electron chi connectivity index (χ1n) is 4.32. The topological polar surface area (TPSA) is 64.4 Å². The molecule has 0 unspecified atom stereocenters. The van der Waals surface area contributed by atoms with Gasteiger partial charge in [0.15, 0.2) is 0 Å². The van der Waals surface area contributed by atoms with Crippen LogP contribution in [0.1, 0.15) is 10.9 Å². The van der Waals surface area contributed by atoms with E-state index in [0.29, 0.717) is 13.2 Å². The summed E-state index contributed by atoms with van der Waals surface area (Å²) in [5, 5.41) is 13.9. The number of halogens is 1. The van der Waals surface area contributed by atoms with Gasteiger partial charge < -0.3 is 10.1 Å². The molecule has 1 N–H and O–H groups in total. The third-order valence-corrected chi connectivity index (χ3v) is 3.21. The highest BCUT2D eigenvalue weighted by Crippen LogP contribution is 2.29. The Hall–Kier alpha value is -0.690. The molecule has 0 aromatic carbocycles. The Morgan fingerprint density at radius 2 is 2.40 bits per heavy atom. The molecule has 0 saturated carbocycles.